The van der Waals surface area contributed by atoms with Crippen LogP contribution in [0.25, 0.3) is 0 Å². The van der Waals surface area contributed by atoms with Crippen LogP contribution in [0.3, 0.4) is 0 Å². The highest BCUT2D eigenvalue weighted by Crippen LogP contribution is 2.18. The van der Waals surface area contributed by atoms with E-state index in [-0.39, 0.29) is 42.7 Å². The molecule has 122 valence electrons. The summed E-state index contributed by atoms with van der Waals surface area (Å²) < 4.78 is 18.1. The van der Waals surface area contributed by atoms with E-state index in [1.165, 1.54) is 24.3 Å². The third-order valence-corrected chi connectivity index (χ3v) is 3.21. The maximum Gasteiger partial charge on any atom is 0.249 e. The highest BCUT2D eigenvalue weighted by molar-refractivity contribution is 5.95. The van der Waals surface area contributed by atoms with Crippen LogP contribution in [0.5, 0.6) is 0 Å². The number of carbonyl (C=O) groups excluding carboxylic acids is 2. The van der Waals surface area contributed by atoms with Gasteiger partial charge in [0.1, 0.15) is 11.9 Å². The fraction of sp³-hybridized carbons (Fsp3) is 0.429. The Morgan fingerprint density at radius 2 is 1.95 bits per heavy atom. The van der Waals surface area contributed by atoms with Gasteiger partial charge < -0.3 is 21.1 Å². The zero-order valence-electron chi connectivity index (χ0n) is 11.9. The summed E-state index contributed by atoms with van der Waals surface area (Å²) in [6, 6.07) is 5.38. The van der Waals surface area contributed by atoms with E-state index in [0.717, 1.165) is 6.42 Å². The predicted molar refractivity (Wildman–Crippen MR) is 82.2 cm³/mol. The summed E-state index contributed by atoms with van der Waals surface area (Å²) in [6.07, 6.45) is 0.717. The second-order valence-electron chi connectivity index (χ2n) is 4.83. The molecule has 0 saturated carbocycles. The molecule has 22 heavy (non-hydrogen) atoms. The van der Waals surface area contributed by atoms with Crippen molar-refractivity contribution in [3.63, 3.8) is 0 Å². The van der Waals surface area contributed by atoms with Crippen molar-refractivity contribution >= 4 is 29.9 Å². The Bertz CT molecular complexity index is 513. The molecular formula is C14H19ClFN3O3. The van der Waals surface area contributed by atoms with E-state index in [1.807, 2.05) is 0 Å². The molecule has 2 atom stereocenters. The number of nitrogens with two attached hydrogens (primary N) is 1. The summed E-state index contributed by atoms with van der Waals surface area (Å²) in [5, 5.41) is 5.06. The average molecular weight is 332 g/mol. The van der Waals surface area contributed by atoms with Gasteiger partial charge in [-0.2, -0.15) is 0 Å². The first kappa shape index (κ1) is 18.3. The molecule has 8 heteroatoms. The van der Waals surface area contributed by atoms with Crippen molar-refractivity contribution in [2.75, 3.05) is 18.4 Å². The number of halogens is 2. The van der Waals surface area contributed by atoms with Crippen molar-refractivity contribution in [2.24, 2.45) is 5.73 Å². The van der Waals surface area contributed by atoms with E-state index in [4.69, 9.17) is 10.5 Å². The van der Waals surface area contributed by atoms with Gasteiger partial charge in [-0.15, -0.1) is 12.4 Å². The van der Waals surface area contributed by atoms with Gasteiger partial charge in [0, 0.05) is 12.2 Å². The van der Waals surface area contributed by atoms with Crippen LogP contribution in [0.4, 0.5) is 10.1 Å². The van der Waals surface area contributed by atoms with Crippen LogP contribution in [0.15, 0.2) is 24.3 Å². The third kappa shape index (κ3) is 5.25. The van der Waals surface area contributed by atoms with Crippen molar-refractivity contribution in [2.45, 2.75) is 25.0 Å². The first-order valence-corrected chi connectivity index (χ1v) is 6.77. The molecule has 0 unspecified atom stereocenters. The van der Waals surface area contributed by atoms with E-state index in [9.17, 15) is 14.0 Å². The second-order valence-corrected chi connectivity index (χ2v) is 4.83. The van der Waals surface area contributed by atoms with Crippen molar-refractivity contribution in [3.8, 4) is 0 Å². The largest absolute Gasteiger partial charge is 0.364 e. The van der Waals surface area contributed by atoms with Crippen LogP contribution in [-0.2, 0) is 14.3 Å². The maximum atomic E-state index is 12.7. The van der Waals surface area contributed by atoms with Gasteiger partial charge in [0.15, 0.2) is 0 Å². The van der Waals surface area contributed by atoms with Gasteiger partial charge in [-0.3, -0.25) is 9.59 Å². The lowest BCUT2D eigenvalue weighted by Gasteiger charge is -2.12. The number of anilines is 1. The van der Waals surface area contributed by atoms with Crippen molar-refractivity contribution in [1.29, 1.82) is 0 Å². The average Bonchev–Trinajstić information content (AvgIpc) is 2.96. The maximum absolute atomic E-state index is 12.7. The molecule has 4 N–H and O–H groups in total. The molecule has 1 aromatic rings. The van der Waals surface area contributed by atoms with Crippen molar-refractivity contribution < 1.29 is 18.7 Å². The normalized spacial score (nSPS) is 20.1. The number of nitrogens with one attached hydrogen (secondary N) is 2. The van der Waals surface area contributed by atoms with E-state index in [1.54, 1.807) is 0 Å². The van der Waals surface area contributed by atoms with Crippen LogP contribution >= 0.6 is 12.4 Å². The van der Waals surface area contributed by atoms with Gasteiger partial charge in [-0.05, 0) is 37.1 Å². The minimum Gasteiger partial charge on any atom is -0.364 e. The Balaban J connectivity index is 0.00000242. The quantitative estimate of drug-likeness (QED) is 0.744. The molecule has 1 aliphatic rings. The third-order valence-electron chi connectivity index (χ3n) is 3.21. The summed E-state index contributed by atoms with van der Waals surface area (Å²) in [5.41, 5.74) is 5.94. The van der Waals surface area contributed by atoms with Gasteiger partial charge in [0.05, 0.1) is 12.6 Å². The van der Waals surface area contributed by atoms with Crippen LogP contribution in [0.1, 0.15) is 12.8 Å². The molecule has 0 aliphatic carbocycles. The van der Waals surface area contributed by atoms with Gasteiger partial charge in [-0.25, -0.2) is 4.39 Å². The smallest absolute Gasteiger partial charge is 0.249 e. The number of hydrogen-bond donors (Lipinski definition) is 3. The Morgan fingerprint density at radius 3 is 2.55 bits per heavy atom. The summed E-state index contributed by atoms with van der Waals surface area (Å²) in [5.74, 6) is -1.09. The Labute approximate surface area is 134 Å². The topological polar surface area (TPSA) is 93.5 Å². The van der Waals surface area contributed by atoms with E-state index in [0.29, 0.717) is 18.7 Å². The lowest BCUT2D eigenvalue weighted by Crippen LogP contribution is -2.39. The van der Waals surface area contributed by atoms with Crippen LogP contribution in [0, 0.1) is 5.82 Å². The van der Waals surface area contributed by atoms with Crippen LogP contribution < -0.4 is 16.4 Å². The van der Waals surface area contributed by atoms with Crippen molar-refractivity contribution in [3.05, 3.63) is 30.1 Å². The number of hydrogen-bond acceptors (Lipinski definition) is 4. The first-order chi connectivity index (χ1) is 10.1. The molecule has 6 nitrogen and oxygen atoms in total. The van der Waals surface area contributed by atoms with Gasteiger partial charge in [0.25, 0.3) is 0 Å². The summed E-state index contributed by atoms with van der Waals surface area (Å²) in [6.45, 7) is 0.220. The molecule has 1 saturated heterocycles. The zero-order chi connectivity index (χ0) is 15.2. The minimum absolute atomic E-state index is 0. The number of amides is 2. The molecule has 0 radical (unpaired) electrons. The highest BCUT2D eigenvalue weighted by atomic mass is 35.5. The zero-order valence-corrected chi connectivity index (χ0v) is 12.7. The SMILES string of the molecule is Cl.NC[C@H]1CC[C@@H](C(=O)NCC(=O)Nc2ccc(F)cc2)O1. The van der Waals surface area contributed by atoms with E-state index >= 15 is 0 Å². The summed E-state index contributed by atoms with van der Waals surface area (Å²) in [4.78, 5) is 23.5. The first-order valence-electron chi connectivity index (χ1n) is 6.77. The summed E-state index contributed by atoms with van der Waals surface area (Å²) in [7, 11) is 0. The van der Waals surface area contributed by atoms with Gasteiger partial charge >= 0.3 is 0 Å². The number of carbonyl (C=O) groups is 2. The minimum atomic E-state index is -0.544. The lowest BCUT2D eigenvalue weighted by atomic mass is 10.2. The molecule has 0 bridgehead atoms. The molecule has 0 aromatic heterocycles. The standard InChI is InChI=1S/C14H18FN3O3.ClH/c15-9-1-3-10(4-2-9)18-13(19)8-17-14(20)12-6-5-11(7-16)21-12;/h1-4,11-12H,5-8,16H2,(H,17,20)(H,18,19);1H/t11-,12+;/m1./s1. The Morgan fingerprint density at radius 1 is 1.27 bits per heavy atom. The molecule has 1 fully saturated rings. The number of rotatable bonds is 5. The van der Waals surface area contributed by atoms with E-state index in [2.05, 4.69) is 10.6 Å². The second kappa shape index (κ2) is 8.67. The van der Waals surface area contributed by atoms with Crippen LogP contribution in [-0.4, -0.2) is 37.1 Å². The van der Waals surface area contributed by atoms with Crippen molar-refractivity contribution in [1.82, 2.24) is 5.32 Å². The van der Waals surface area contributed by atoms with Gasteiger partial charge in [-0.1, -0.05) is 0 Å². The fourth-order valence-corrected chi connectivity index (χ4v) is 2.09. The monoisotopic (exact) mass is 331 g/mol. The molecule has 2 rings (SSSR count). The fourth-order valence-electron chi connectivity index (χ4n) is 2.09. The molecule has 0 spiro atoms. The molecule has 2 amide bonds. The molecular weight excluding hydrogens is 313 g/mol. The number of benzene rings is 1. The highest BCUT2D eigenvalue weighted by Gasteiger charge is 2.29. The Hall–Kier alpha value is -1.70. The lowest BCUT2D eigenvalue weighted by molar-refractivity contribution is -0.133. The Kier molecular flexibility index (Phi) is 7.23. The molecule has 1 heterocycles. The predicted octanol–water partition coefficient (Wildman–Crippen LogP) is 0.808. The molecule has 1 aromatic carbocycles. The van der Waals surface area contributed by atoms with Gasteiger partial charge in [0.2, 0.25) is 11.8 Å². The van der Waals surface area contributed by atoms with E-state index < -0.39 is 6.10 Å². The molecule has 1 aliphatic heterocycles. The van der Waals surface area contributed by atoms with Crippen LogP contribution in [0.2, 0.25) is 0 Å². The number of ether oxygens (including phenoxy) is 1. The summed E-state index contributed by atoms with van der Waals surface area (Å²) >= 11 is 0.